The summed E-state index contributed by atoms with van der Waals surface area (Å²) in [4.78, 5) is 14.3. The molecule has 0 atom stereocenters. The molecule has 0 saturated heterocycles. The van der Waals surface area contributed by atoms with E-state index in [4.69, 9.17) is 5.73 Å². The number of nitrogens with zero attached hydrogens (tertiary/aromatic N) is 1. The molecule has 1 saturated carbocycles. The van der Waals surface area contributed by atoms with Gasteiger partial charge in [-0.1, -0.05) is 29.8 Å². The summed E-state index contributed by atoms with van der Waals surface area (Å²) in [6.45, 7) is 6.30. The Bertz CT molecular complexity index is 444. The van der Waals surface area contributed by atoms with E-state index in [9.17, 15) is 4.79 Å². The van der Waals surface area contributed by atoms with Crippen molar-refractivity contribution in [3.8, 4) is 0 Å². The Morgan fingerprint density at radius 1 is 1.44 bits per heavy atom. The van der Waals surface area contributed by atoms with Gasteiger partial charge in [-0.3, -0.25) is 4.79 Å². The minimum Gasteiger partial charge on any atom is -0.334 e. The Kier molecular flexibility index (Phi) is 3.44. The normalized spacial score (nSPS) is 15.6. The first kappa shape index (κ1) is 13.1. The Hall–Kier alpha value is -1.35. The van der Waals surface area contributed by atoms with Crippen LogP contribution in [0.15, 0.2) is 24.3 Å². The molecule has 1 amide bonds. The highest BCUT2D eigenvalue weighted by molar-refractivity contribution is 5.85. The SMILES string of the molecule is Cc1cccc(CN(C(=O)C(C)(C)N)C2CC2)c1. The minimum absolute atomic E-state index is 0.0477. The van der Waals surface area contributed by atoms with Gasteiger partial charge in [-0.15, -0.1) is 0 Å². The van der Waals surface area contributed by atoms with E-state index in [2.05, 4.69) is 25.1 Å². The predicted octanol–water partition coefficient (Wildman–Crippen LogP) is 2.22. The maximum atomic E-state index is 12.3. The van der Waals surface area contributed by atoms with E-state index in [0.717, 1.165) is 12.8 Å². The molecule has 1 fully saturated rings. The van der Waals surface area contributed by atoms with Gasteiger partial charge in [0.2, 0.25) is 5.91 Å². The zero-order valence-corrected chi connectivity index (χ0v) is 11.4. The van der Waals surface area contributed by atoms with Crippen LogP contribution >= 0.6 is 0 Å². The van der Waals surface area contributed by atoms with Crippen LogP contribution in [0.5, 0.6) is 0 Å². The zero-order valence-electron chi connectivity index (χ0n) is 11.4. The first-order valence-corrected chi connectivity index (χ1v) is 6.53. The fourth-order valence-corrected chi connectivity index (χ4v) is 2.13. The fourth-order valence-electron chi connectivity index (χ4n) is 2.13. The number of carbonyl (C=O) groups is 1. The highest BCUT2D eigenvalue weighted by atomic mass is 16.2. The van der Waals surface area contributed by atoms with Crippen molar-refractivity contribution in [1.29, 1.82) is 0 Å². The van der Waals surface area contributed by atoms with Gasteiger partial charge in [0.15, 0.2) is 0 Å². The average molecular weight is 246 g/mol. The minimum atomic E-state index is -0.785. The van der Waals surface area contributed by atoms with Crippen molar-refractivity contribution < 1.29 is 4.79 Å². The van der Waals surface area contributed by atoms with Crippen LogP contribution in [0.25, 0.3) is 0 Å². The van der Waals surface area contributed by atoms with Gasteiger partial charge in [0.25, 0.3) is 0 Å². The van der Waals surface area contributed by atoms with Crippen LogP contribution < -0.4 is 5.73 Å². The van der Waals surface area contributed by atoms with Crippen molar-refractivity contribution in [2.24, 2.45) is 5.73 Å². The third kappa shape index (κ3) is 3.10. The first-order chi connectivity index (χ1) is 8.38. The molecule has 98 valence electrons. The molecule has 1 aliphatic rings. The lowest BCUT2D eigenvalue weighted by molar-refractivity contribution is -0.137. The largest absolute Gasteiger partial charge is 0.334 e. The van der Waals surface area contributed by atoms with Crippen LogP contribution in [0.3, 0.4) is 0 Å². The van der Waals surface area contributed by atoms with E-state index in [1.807, 2.05) is 11.0 Å². The number of nitrogens with two attached hydrogens (primary N) is 1. The van der Waals surface area contributed by atoms with Crippen LogP contribution in [0, 0.1) is 6.92 Å². The second kappa shape index (κ2) is 4.73. The first-order valence-electron chi connectivity index (χ1n) is 6.53. The Balaban J connectivity index is 2.14. The van der Waals surface area contributed by atoms with Crippen molar-refractivity contribution >= 4 is 5.91 Å². The third-order valence-electron chi connectivity index (χ3n) is 3.24. The lowest BCUT2D eigenvalue weighted by Crippen LogP contribution is -2.51. The second-order valence-electron chi connectivity index (χ2n) is 5.87. The topological polar surface area (TPSA) is 46.3 Å². The summed E-state index contributed by atoms with van der Waals surface area (Å²) >= 11 is 0. The summed E-state index contributed by atoms with van der Waals surface area (Å²) < 4.78 is 0. The maximum absolute atomic E-state index is 12.3. The molecular weight excluding hydrogens is 224 g/mol. The number of rotatable bonds is 4. The van der Waals surface area contributed by atoms with Gasteiger partial charge in [-0.25, -0.2) is 0 Å². The molecule has 18 heavy (non-hydrogen) atoms. The van der Waals surface area contributed by atoms with E-state index in [0.29, 0.717) is 12.6 Å². The van der Waals surface area contributed by atoms with E-state index < -0.39 is 5.54 Å². The summed E-state index contributed by atoms with van der Waals surface area (Å²) in [5, 5.41) is 0. The van der Waals surface area contributed by atoms with E-state index >= 15 is 0 Å². The Morgan fingerprint density at radius 2 is 2.11 bits per heavy atom. The number of aryl methyl sites for hydroxylation is 1. The molecule has 3 nitrogen and oxygen atoms in total. The van der Waals surface area contributed by atoms with Crippen LogP contribution in [-0.4, -0.2) is 22.4 Å². The summed E-state index contributed by atoms with van der Waals surface area (Å²) in [6.07, 6.45) is 2.21. The number of amides is 1. The second-order valence-corrected chi connectivity index (χ2v) is 5.87. The van der Waals surface area contributed by atoms with Crippen molar-refractivity contribution in [2.45, 2.75) is 51.7 Å². The van der Waals surface area contributed by atoms with Gasteiger partial charge in [0, 0.05) is 12.6 Å². The van der Waals surface area contributed by atoms with Gasteiger partial charge in [0.05, 0.1) is 5.54 Å². The van der Waals surface area contributed by atoms with Crippen LogP contribution in [0.1, 0.15) is 37.8 Å². The highest BCUT2D eigenvalue weighted by Gasteiger charge is 2.37. The van der Waals surface area contributed by atoms with Crippen LogP contribution in [0.4, 0.5) is 0 Å². The lowest BCUT2D eigenvalue weighted by atomic mass is 10.0. The molecule has 0 aromatic heterocycles. The molecule has 2 rings (SSSR count). The van der Waals surface area contributed by atoms with Crippen molar-refractivity contribution in [2.75, 3.05) is 0 Å². The summed E-state index contributed by atoms with van der Waals surface area (Å²) in [6, 6.07) is 8.69. The number of hydrogen-bond acceptors (Lipinski definition) is 2. The Labute approximate surface area is 109 Å². The third-order valence-corrected chi connectivity index (χ3v) is 3.24. The summed E-state index contributed by atoms with van der Waals surface area (Å²) in [5.74, 6) is 0.0477. The molecule has 0 radical (unpaired) electrons. The van der Waals surface area contributed by atoms with Gasteiger partial charge in [-0.05, 0) is 39.2 Å². The maximum Gasteiger partial charge on any atom is 0.242 e. The fraction of sp³-hybridized carbons (Fsp3) is 0.533. The summed E-state index contributed by atoms with van der Waals surface area (Å²) in [5.41, 5.74) is 7.56. The summed E-state index contributed by atoms with van der Waals surface area (Å²) in [7, 11) is 0. The molecule has 0 unspecified atom stereocenters. The number of benzene rings is 1. The van der Waals surface area contributed by atoms with E-state index in [-0.39, 0.29) is 5.91 Å². The molecule has 0 heterocycles. The molecule has 3 heteroatoms. The predicted molar refractivity (Wildman–Crippen MR) is 73.0 cm³/mol. The van der Waals surface area contributed by atoms with Gasteiger partial charge < -0.3 is 10.6 Å². The van der Waals surface area contributed by atoms with Crippen molar-refractivity contribution in [3.63, 3.8) is 0 Å². The lowest BCUT2D eigenvalue weighted by Gasteiger charge is -2.29. The van der Waals surface area contributed by atoms with Crippen molar-refractivity contribution in [3.05, 3.63) is 35.4 Å². The molecule has 0 bridgehead atoms. The highest BCUT2D eigenvalue weighted by Crippen LogP contribution is 2.30. The molecule has 0 spiro atoms. The molecule has 1 aromatic rings. The quantitative estimate of drug-likeness (QED) is 0.885. The smallest absolute Gasteiger partial charge is 0.242 e. The molecule has 1 aliphatic carbocycles. The van der Waals surface area contributed by atoms with E-state index in [1.165, 1.54) is 11.1 Å². The molecular formula is C15H22N2O. The Morgan fingerprint density at radius 3 is 2.61 bits per heavy atom. The average Bonchev–Trinajstić information content (AvgIpc) is 3.07. The van der Waals surface area contributed by atoms with Gasteiger partial charge in [0.1, 0.15) is 0 Å². The molecule has 1 aromatic carbocycles. The number of hydrogen-bond donors (Lipinski definition) is 1. The van der Waals surface area contributed by atoms with E-state index in [1.54, 1.807) is 13.8 Å². The molecule has 2 N–H and O–H groups in total. The van der Waals surface area contributed by atoms with Gasteiger partial charge in [-0.2, -0.15) is 0 Å². The standard InChI is InChI=1S/C15H22N2O/c1-11-5-4-6-12(9-11)10-17(13-7-8-13)14(18)15(2,3)16/h4-6,9,13H,7-8,10,16H2,1-3H3. The number of carbonyl (C=O) groups excluding carboxylic acids is 1. The zero-order chi connectivity index (χ0) is 13.3. The van der Waals surface area contributed by atoms with Crippen LogP contribution in [-0.2, 0) is 11.3 Å². The monoisotopic (exact) mass is 246 g/mol. The van der Waals surface area contributed by atoms with Crippen molar-refractivity contribution in [1.82, 2.24) is 4.90 Å². The van der Waals surface area contributed by atoms with Gasteiger partial charge >= 0.3 is 0 Å². The molecule has 0 aliphatic heterocycles. The van der Waals surface area contributed by atoms with Crippen LogP contribution in [0.2, 0.25) is 0 Å².